The highest BCUT2D eigenvalue weighted by atomic mass is 35.5. The van der Waals surface area contributed by atoms with E-state index in [1.807, 2.05) is 0 Å². The van der Waals surface area contributed by atoms with Crippen molar-refractivity contribution in [2.24, 2.45) is 0 Å². The minimum atomic E-state index is -0.506. The van der Waals surface area contributed by atoms with E-state index < -0.39 is 11.6 Å². The molecule has 27 heavy (non-hydrogen) atoms. The van der Waals surface area contributed by atoms with Crippen molar-refractivity contribution in [1.29, 1.82) is 0 Å². The van der Waals surface area contributed by atoms with Gasteiger partial charge in [-0.1, -0.05) is 29.3 Å². The molecule has 0 bridgehead atoms. The zero-order chi connectivity index (χ0) is 19.1. The van der Waals surface area contributed by atoms with Crippen LogP contribution in [0.5, 0.6) is 0 Å². The fourth-order valence-electron chi connectivity index (χ4n) is 2.84. The molecule has 0 aliphatic rings. The molecule has 7 heteroatoms. The number of furan rings is 1. The zero-order valence-electron chi connectivity index (χ0n) is 13.7. The van der Waals surface area contributed by atoms with Crippen LogP contribution in [-0.2, 0) is 0 Å². The predicted octanol–water partition coefficient (Wildman–Crippen LogP) is 5.75. The monoisotopic (exact) mass is 400 g/mol. The molecule has 0 spiro atoms. The number of anilines is 1. The average molecular weight is 401 g/mol. The van der Waals surface area contributed by atoms with Crippen LogP contribution < -0.4 is 5.73 Å². The van der Waals surface area contributed by atoms with Gasteiger partial charge in [-0.05, 0) is 36.4 Å². The second kappa shape index (κ2) is 6.68. The Morgan fingerprint density at radius 1 is 1.15 bits per heavy atom. The van der Waals surface area contributed by atoms with Gasteiger partial charge >= 0.3 is 0 Å². The summed E-state index contributed by atoms with van der Waals surface area (Å²) in [6.07, 6.45) is 3.13. The molecule has 0 amide bonds. The van der Waals surface area contributed by atoms with E-state index >= 15 is 0 Å². The molecule has 0 aliphatic carbocycles. The first-order valence-electron chi connectivity index (χ1n) is 7.87. The van der Waals surface area contributed by atoms with Crippen molar-refractivity contribution in [3.8, 4) is 11.1 Å². The smallest absolute Gasteiger partial charge is 0.231 e. The molecule has 0 aliphatic heterocycles. The van der Waals surface area contributed by atoms with Gasteiger partial charge in [0.05, 0.1) is 10.7 Å². The van der Waals surface area contributed by atoms with E-state index in [4.69, 9.17) is 33.4 Å². The van der Waals surface area contributed by atoms with Crippen LogP contribution in [0.3, 0.4) is 0 Å². The molecule has 0 saturated heterocycles. The maximum absolute atomic E-state index is 14.6. The van der Waals surface area contributed by atoms with Gasteiger partial charge in [0.1, 0.15) is 11.4 Å². The first kappa shape index (κ1) is 17.5. The van der Waals surface area contributed by atoms with Gasteiger partial charge in [0.2, 0.25) is 5.78 Å². The molecule has 2 aromatic heterocycles. The molecule has 0 radical (unpaired) electrons. The van der Waals surface area contributed by atoms with Gasteiger partial charge in [-0.3, -0.25) is 9.78 Å². The molecular formula is C20H11Cl2FN2O2. The average Bonchev–Trinajstić information content (AvgIpc) is 2.97. The van der Waals surface area contributed by atoms with E-state index in [2.05, 4.69) is 4.98 Å². The van der Waals surface area contributed by atoms with Crippen LogP contribution in [0.2, 0.25) is 10.0 Å². The summed E-state index contributed by atoms with van der Waals surface area (Å²) >= 11 is 12.0. The number of carbonyl (C=O) groups is 1. The van der Waals surface area contributed by atoms with Gasteiger partial charge in [-0.15, -0.1) is 0 Å². The highest BCUT2D eigenvalue weighted by Gasteiger charge is 2.23. The van der Waals surface area contributed by atoms with Crippen molar-refractivity contribution in [2.75, 3.05) is 5.73 Å². The Morgan fingerprint density at radius 2 is 1.96 bits per heavy atom. The van der Waals surface area contributed by atoms with Crippen LogP contribution >= 0.6 is 23.2 Å². The van der Waals surface area contributed by atoms with Crippen molar-refractivity contribution in [2.45, 2.75) is 0 Å². The topological polar surface area (TPSA) is 69.1 Å². The molecule has 0 atom stereocenters. The Bertz CT molecular complexity index is 1190. The Balaban J connectivity index is 1.86. The molecule has 2 aromatic carbocycles. The van der Waals surface area contributed by atoms with Crippen LogP contribution in [0.15, 0.2) is 59.3 Å². The first-order valence-corrected chi connectivity index (χ1v) is 8.63. The molecule has 134 valence electrons. The van der Waals surface area contributed by atoms with Crippen molar-refractivity contribution < 1.29 is 13.6 Å². The van der Waals surface area contributed by atoms with Crippen molar-refractivity contribution in [1.82, 2.24) is 4.98 Å². The highest BCUT2D eigenvalue weighted by molar-refractivity contribution is 6.37. The second-order valence-electron chi connectivity index (χ2n) is 5.87. The highest BCUT2D eigenvalue weighted by Crippen LogP contribution is 2.35. The van der Waals surface area contributed by atoms with Gasteiger partial charge in [0.25, 0.3) is 0 Å². The number of benzene rings is 2. The number of rotatable bonds is 3. The molecule has 0 saturated carbocycles. The van der Waals surface area contributed by atoms with E-state index in [-0.39, 0.29) is 22.0 Å². The third kappa shape index (κ3) is 3.05. The fraction of sp³-hybridized carbons (Fsp3) is 0. The van der Waals surface area contributed by atoms with E-state index in [9.17, 15) is 9.18 Å². The van der Waals surface area contributed by atoms with E-state index in [0.29, 0.717) is 27.1 Å². The minimum Gasteiger partial charge on any atom is -0.450 e. The summed E-state index contributed by atoms with van der Waals surface area (Å²) in [5.74, 6) is -1.10. The summed E-state index contributed by atoms with van der Waals surface area (Å²) in [5, 5.41) is 0.889. The summed E-state index contributed by atoms with van der Waals surface area (Å²) in [7, 11) is 0. The molecule has 4 rings (SSSR count). The number of ketones is 1. The number of aromatic nitrogens is 1. The summed E-state index contributed by atoms with van der Waals surface area (Å²) < 4.78 is 20.2. The fourth-order valence-corrected chi connectivity index (χ4v) is 3.34. The maximum atomic E-state index is 14.6. The number of pyridine rings is 1. The predicted molar refractivity (Wildman–Crippen MR) is 104 cm³/mol. The van der Waals surface area contributed by atoms with Crippen LogP contribution in [0.1, 0.15) is 16.1 Å². The molecule has 0 fully saturated rings. The Labute approximate surface area is 163 Å². The lowest BCUT2D eigenvalue weighted by Gasteiger charge is -2.02. The van der Waals surface area contributed by atoms with Crippen molar-refractivity contribution >= 4 is 45.6 Å². The van der Waals surface area contributed by atoms with E-state index in [1.54, 1.807) is 24.4 Å². The third-order valence-corrected chi connectivity index (χ3v) is 4.72. The molecule has 4 aromatic rings. The lowest BCUT2D eigenvalue weighted by Crippen LogP contribution is -2.03. The number of hydrogen-bond donors (Lipinski definition) is 1. The van der Waals surface area contributed by atoms with Gasteiger partial charge in [0.15, 0.2) is 5.76 Å². The standard InChI is InChI=1S/C20H11Cl2FN2O2/c21-11-3-4-12(15(22)6-11)19(26)20-18(24)14-7-16(23)13(8-17(14)27-20)10-2-1-5-25-9-10/h1-9H,24H2. The quantitative estimate of drug-likeness (QED) is 0.444. The van der Waals surface area contributed by atoms with Gasteiger partial charge in [0, 0.05) is 39.5 Å². The Morgan fingerprint density at radius 3 is 2.67 bits per heavy atom. The van der Waals surface area contributed by atoms with Gasteiger partial charge < -0.3 is 10.2 Å². The first-order chi connectivity index (χ1) is 13.0. The van der Waals surface area contributed by atoms with Gasteiger partial charge in [-0.25, -0.2) is 4.39 Å². The van der Waals surface area contributed by atoms with Crippen molar-refractivity contribution in [3.05, 3.63) is 82.0 Å². The number of nitrogens with zero attached hydrogens (tertiary/aromatic N) is 1. The molecular weight excluding hydrogens is 390 g/mol. The molecule has 2 N–H and O–H groups in total. The van der Waals surface area contributed by atoms with Crippen molar-refractivity contribution in [3.63, 3.8) is 0 Å². The lowest BCUT2D eigenvalue weighted by molar-refractivity contribution is 0.101. The van der Waals surface area contributed by atoms with Crippen LogP contribution in [0.25, 0.3) is 22.1 Å². The SMILES string of the molecule is Nc1c(C(=O)c2ccc(Cl)cc2Cl)oc2cc(-c3cccnc3)c(F)cc12. The maximum Gasteiger partial charge on any atom is 0.231 e. The van der Waals surface area contributed by atoms with Crippen LogP contribution in [-0.4, -0.2) is 10.8 Å². The van der Waals surface area contributed by atoms with E-state index in [1.165, 1.54) is 30.5 Å². The summed E-state index contributed by atoms with van der Waals surface area (Å²) in [6.45, 7) is 0. The van der Waals surface area contributed by atoms with Crippen LogP contribution in [0.4, 0.5) is 10.1 Å². The lowest BCUT2D eigenvalue weighted by atomic mass is 10.0. The normalized spacial score (nSPS) is 11.1. The van der Waals surface area contributed by atoms with Crippen LogP contribution in [0, 0.1) is 5.82 Å². The zero-order valence-corrected chi connectivity index (χ0v) is 15.2. The summed E-state index contributed by atoms with van der Waals surface area (Å²) in [5.41, 5.74) is 7.48. The Kier molecular flexibility index (Phi) is 4.34. The number of halogens is 3. The molecule has 4 nitrogen and oxygen atoms in total. The minimum absolute atomic E-state index is 0.0534. The number of nitrogens with two attached hydrogens (primary N) is 1. The molecule has 2 heterocycles. The summed E-state index contributed by atoms with van der Waals surface area (Å²) in [6, 6.07) is 10.7. The molecule has 0 unspecified atom stereocenters. The van der Waals surface area contributed by atoms with E-state index in [0.717, 1.165) is 0 Å². The van der Waals surface area contributed by atoms with Gasteiger partial charge in [-0.2, -0.15) is 0 Å². The number of hydrogen-bond acceptors (Lipinski definition) is 4. The Hall–Kier alpha value is -2.89. The second-order valence-corrected chi connectivity index (χ2v) is 6.71. The number of carbonyl (C=O) groups excluding carboxylic acids is 1. The largest absolute Gasteiger partial charge is 0.450 e. The third-order valence-electron chi connectivity index (χ3n) is 4.17. The summed E-state index contributed by atoms with van der Waals surface area (Å²) in [4.78, 5) is 16.8. The number of fused-ring (bicyclic) bond motifs is 1. The number of nitrogen functional groups attached to an aromatic ring is 1.